The Labute approximate surface area is 220 Å². The van der Waals surface area contributed by atoms with Gasteiger partial charge in [0.2, 0.25) is 0 Å². The molecule has 202 valence electrons. The third-order valence-electron chi connectivity index (χ3n) is 6.17. The molecule has 0 bridgehead atoms. The van der Waals surface area contributed by atoms with Gasteiger partial charge in [0, 0.05) is 36.3 Å². The normalized spacial score (nSPS) is 17.1. The second-order valence-electron chi connectivity index (χ2n) is 10.6. The molecule has 1 atom stereocenters. The smallest absolute Gasteiger partial charge is 0.410 e. The third kappa shape index (κ3) is 6.78. The summed E-state index contributed by atoms with van der Waals surface area (Å²) in [5.41, 5.74) is 0.293. The predicted molar refractivity (Wildman–Crippen MR) is 140 cm³/mol. The molecular formula is C27H32N4O7. The molecule has 1 heterocycles. The van der Waals surface area contributed by atoms with Crippen molar-refractivity contribution in [1.29, 1.82) is 0 Å². The molecule has 2 aromatic carbocycles. The predicted octanol–water partition coefficient (Wildman–Crippen LogP) is 4.44. The molecular weight excluding hydrogens is 492 g/mol. The average Bonchev–Trinajstić information content (AvgIpc) is 3.52. The van der Waals surface area contributed by atoms with E-state index in [4.69, 9.17) is 9.47 Å². The summed E-state index contributed by atoms with van der Waals surface area (Å²) in [5.74, 6) is -0.667. The lowest BCUT2D eigenvalue weighted by Gasteiger charge is -2.24. The molecule has 1 saturated heterocycles. The molecule has 2 N–H and O–H groups in total. The van der Waals surface area contributed by atoms with E-state index in [2.05, 4.69) is 10.6 Å². The van der Waals surface area contributed by atoms with Gasteiger partial charge in [-0.15, -0.1) is 0 Å². The van der Waals surface area contributed by atoms with Crippen LogP contribution in [0.25, 0.3) is 0 Å². The van der Waals surface area contributed by atoms with Crippen LogP contribution in [-0.4, -0.2) is 58.6 Å². The van der Waals surface area contributed by atoms with Gasteiger partial charge in [-0.3, -0.25) is 19.7 Å². The van der Waals surface area contributed by atoms with Gasteiger partial charge in [-0.1, -0.05) is 6.07 Å². The lowest BCUT2D eigenvalue weighted by Crippen LogP contribution is -2.36. The van der Waals surface area contributed by atoms with Crippen molar-refractivity contribution < 1.29 is 28.8 Å². The van der Waals surface area contributed by atoms with E-state index in [0.717, 1.165) is 12.8 Å². The summed E-state index contributed by atoms with van der Waals surface area (Å²) >= 11 is 0. The quantitative estimate of drug-likeness (QED) is 0.403. The summed E-state index contributed by atoms with van der Waals surface area (Å²) in [6.07, 6.45) is 1.65. The van der Waals surface area contributed by atoms with Crippen molar-refractivity contribution in [2.24, 2.45) is 0 Å². The first-order valence-electron chi connectivity index (χ1n) is 12.6. The van der Waals surface area contributed by atoms with Gasteiger partial charge in [0.05, 0.1) is 11.5 Å². The number of hydrogen-bond acceptors (Lipinski definition) is 7. The second-order valence-corrected chi connectivity index (χ2v) is 10.6. The SMILES string of the molecule is Cc1ccc(C(=O)NC2CC2)cc1NC(=O)c1cc(O[C@H]2CCN(C(=O)OC(C)(C)C)C2)ccc1[N+](=O)[O-]. The molecule has 1 saturated carbocycles. The minimum absolute atomic E-state index is 0.179. The van der Waals surface area contributed by atoms with Crippen LogP contribution in [0.4, 0.5) is 16.2 Å². The monoisotopic (exact) mass is 524 g/mol. The maximum absolute atomic E-state index is 13.2. The minimum atomic E-state index is -0.702. The molecule has 0 aromatic heterocycles. The van der Waals surface area contributed by atoms with Gasteiger partial charge in [-0.05, 0) is 70.4 Å². The van der Waals surface area contributed by atoms with Gasteiger partial charge < -0.3 is 25.0 Å². The number of nitrogens with zero attached hydrogens (tertiary/aromatic N) is 2. The number of carbonyl (C=O) groups excluding carboxylic acids is 3. The van der Waals surface area contributed by atoms with Gasteiger partial charge in [-0.2, -0.15) is 0 Å². The number of hydrogen-bond donors (Lipinski definition) is 2. The van der Waals surface area contributed by atoms with E-state index in [-0.39, 0.29) is 35.1 Å². The van der Waals surface area contributed by atoms with E-state index in [9.17, 15) is 24.5 Å². The van der Waals surface area contributed by atoms with Crippen molar-refractivity contribution in [3.63, 3.8) is 0 Å². The molecule has 11 nitrogen and oxygen atoms in total. The van der Waals surface area contributed by atoms with Crippen LogP contribution in [-0.2, 0) is 4.74 Å². The zero-order valence-corrected chi connectivity index (χ0v) is 21.9. The Hall–Kier alpha value is -4.15. The summed E-state index contributed by atoms with van der Waals surface area (Å²) in [4.78, 5) is 50.5. The van der Waals surface area contributed by atoms with Crippen LogP contribution in [0.3, 0.4) is 0 Å². The van der Waals surface area contributed by atoms with Crippen LogP contribution in [0, 0.1) is 17.0 Å². The zero-order chi connectivity index (χ0) is 27.6. The number of nitro groups is 1. The first-order chi connectivity index (χ1) is 17.9. The van der Waals surface area contributed by atoms with Crippen LogP contribution < -0.4 is 15.4 Å². The Kier molecular flexibility index (Phi) is 7.56. The first kappa shape index (κ1) is 26.9. The highest BCUT2D eigenvalue weighted by molar-refractivity contribution is 6.08. The van der Waals surface area contributed by atoms with E-state index in [1.54, 1.807) is 50.8 Å². The number of ether oxygens (including phenoxy) is 2. The summed E-state index contributed by atoms with van der Waals surface area (Å²) in [5, 5.41) is 17.3. The van der Waals surface area contributed by atoms with Gasteiger partial charge in [0.25, 0.3) is 17.5 Å². The van der Waals surface area contributed by atoms with Crippen molar-refractivity contribution in [3.8, 4) is 5.75 Å². The molecule has 1 aliphatic heterocycles. The lowest BCUT2D eigenvalue weighted by atomic mass is 10.1. The molecule has 0 unspecified atom stereocenters. The van der Waals surface area contributed by atoms with E-state index >= 15 is 0 Å². The van der Waals surface area contributed by atoms with E-state index in [1.165, 1.54) is 18.2 Å². The number of carbonyl (C=O) groups is 3. The van der Waals surface area contributed by atoms with Crippen LogP contribution in [0.15, 0.2) is 36.4 Å². The van der Waals surface area contributed by atoms with E-state index in [1.807, 2.05) is 0 Å². The summed E-state index contributed by atoms with van der Waals surface area (Å²) in [7, 11) is 0. The van der Waals surface area contributed by atoms with Crippen molar-refractivity contribution >= 4 is 29.3 Å². The van der Waals surface area contributed by atoms with Crippen LogP contribution in [0.5, 0.6) is 5.75 Å². The largest absolute Gasteiger partial charge is 0.488 e. The number of nitro benzene ring substituents is 1. The highest BCUT2D eigenvalue weighted by Gasteiger charge is 2.31. The Morgan fingerprint density at radius 3 is 2.45 bits per heavy atom. The standard InChI is InChI=1S/C27H32N4O7/c1-16-5-6-17(24(32)28-18-7-8-18)13-22(16)29-25(33)21-14-19(9-10-23(21)31(35)36)37-20-11-12-30(15-20)26(34)38-27(2,3)4/h5-6,9-10,13-14,18,20H,7-8,11-12,15H2,1-4H3,(H,28,32)(H,29,33)/t20-/m0/s1. The van der Waals surface area contributed by atoms with E-state index in [0.29, 0.717) is 36.3 Å². The molecule has 2 aromatic rings. The fraction of sp³-hybridized carbons (Fsp3) is 0.444. The van der Waals surface area contributed by atoms with Gasteiger partial charge >= 0.3 is 6.09 Å². The number of rotatable bonds is 7. The Bertz CT molecular complexity index is 1270. The second kappa shape index (κ2) is 10.7. The molecule has 4 rings (SSSR count). The van der Waals surface area contributed by atoms with Crippen LogP contribution in [0.1, 0.15) is 66.3 Å². The molecule has 11 heteroatoms. The molecule has 38 heavy (non-hydrogen) atoms. The summed E-state index contributed by atoms with van der Waals surface area (Å²) in [6, 6.07) is 9.09. The number of benzene rings is 2. The number of amides is 3. The van der Waals surface area contributed by atoms with Crippen LogP contribution >= 0.6 is 0 Å². The molecule has 2 fully saturated rings. The topological polar surface area (TPSA) is 140 Å². The maximum atomic E-state index is 13.2. The van der Waals surface area contributed by atoms with Crippen molar-refractivity contribution in [3.05, 3.63) is 63.2 Å². The van der Waals surface area contributed by atoms with Gasteiger partial charge in [0.15, 0.2) is 0 Å². The highest BCUT2D eigenvalue weighted by atomic mass is 16.6. The number of aryl methyl sites for hydroxylation is 1. The maximum Gasteiger partial charge on any atom is 0.410 e. The minimum Gasteiger partial charge on any atom is -0.488 e. The fourth-order valence-corrected chi connectivity index (χ4v) is 4.02. The fourth-order valence-electron chi connectivity index (χ4n) is 4.02. The zero-order valence-electron chi connectivity index (χ0n) is 21.9. The van der Waals surface area contributed by atoms with Gasteiger partial charge in [-0.25, -0.2) is 4.79 Å². The highest BCUT2D eigenvalue weighted by Crippen LogP contribution is 2.28. The number of likely N-dealkylation sites (tertiary alicyclic amines) is 1. The Balaban J connectivity index is 1.48. The first-order valence-corrected chi connectivity index (χ1v) is 12.6. The Morgan fingerprint density at radius 2 is 1.79 bits per heavy atom. The molecule has 1 aliphatic carbocycles. The van der Waals surface area contributed by atoms with E-state index < -0.39 is 22.5 Å². The van der Waals surface area contributed by atoms with Crippen molar-refractivity contribution in [2.45, 2.75) is 64.7 Å². The van der Waals surface area contributed by atoms with Crippen molar-refractivity contribution in [2.75, 3.05) is 18.4 Å². The molecule has 3 amide bonds. The molecule has 0 radical (unpaired) electrons. The third-order valence-corrected chi connectivity index (χ3v) is 6.17. The molecule has 0 spiro atoms. The van der Waals surface area contributed by atoms with Crippen molar-refractivity contribution in [1.82, 2.24) is 10.2 Å². The van der Waals surface area contributed by atoms with Gasteiger partial charge in [0.1, 0.15) is 23.0 Å². The lowest BCUT2D eigenvalue weighted by molar-refractivity contribution is -0.385. The molecule has 2 aliphatic rings. The average molecular weight is 525 g/mol. The summed E-state index contributed by atoms with van der Waals surface area (Å²) < 4.78 is 11.4. The number of nitrogens with one attached hydrogen (secondary N) is 2. The van der Waals surface area contributed by atoms with Crippen LogP contribution in [0.2, 0.25) is 0 Å². The Morgan fingerprint density at radius 1 is 1.05 bits per heavy atom. The summed E-state index contributed by atoms with van der Waals surface area (Å²) in [6.45, 7) is 7.88. The number of anilines is 1.